The van der Waals surface area contributed by atoms with E-state index in [1.165, 1.54) is 43.0 Å². The molecule has 1 atom stereocenters. The lowest BCUT2D eigenvalue weighted by Crippen LogP contribution is -3.00. The summed E-state index contributed by atoms with van der Waals surface area (Å²) >= 11 is 0. The van der Waals surface area contributed by atoms with Crippen LogP contribution in [-0.2, 0) is 14.1 Å². The van der Waals surface area contributed by atoms with Crippen molar-refractivity contribution < 1.29 is 21.7 Å². The topological polar surface area (TPSA) is 12.1 Å². The smallest absolute Gasteiger partial charge is 0.297 e. The van der Waals surface area contributed by atoms with Gasteiger partial charge in [0.25, 0.3) is 5.82 Å². The Hall–Kier alpha value is -1.29. The Kier molecular flexibility index (Phi) is 5.09. The van der Waals surface area contributed by atoms with Crippen LogP contribution in [0.4, 0.5) is 5.82 Å². The Morgan fingerprint density at radius 2 is 1.90 bits per heavy atom. The van der Waals surface area contributed by atoms with Gasteiger partial charge >= 0.3 is 0 Å². The molecule has 1 aliphatic heterocycles. The zero-order valence-electron chi connectivity index (χ0n) is 13.1. The van der Waals surface area contributed by atoms with Crippen LogP contribution in [0.2, 0.25) is 0 Å². The lowest BCUT2D eigenvalue weighted by Gasteiger charge is -2.25. The highest BCUT2D eigenvalue weighted by Gasteiger charge is 2.27. The van der Waals surface area contributed by atoms with Crippen molar-refractivity contribution in [2.45, 2.75) is 19.8 Å². The van der Waals surface area contributed by atoms with Crippen molar-refractivity contribution >= 4 is 5.82 Å². The molecular weight excluding hydrogens is 326 g/mol. The molecule has 1 aromatic carbocycles. The van der Waals surface area contributed by atoms with Gasteiger partial charge in [-0.1, -0.05) is 37.3 Å². The average molecular weight is 350 g/mol. The van der Waals surface area contributed by atoms with Gasteiger partial charge in [0.05, 0.1) is 24.8 Å². The molecule has 1 aromatic heterocycles. The van der Waals surface area contributed by atoms with E-state index in [0.717, 1.165) is 5.92 Å². The molecule has 3 nitrogen and oxygen atoms in total. The highest BCUT2D eigenvalue weighted by atomic mass is 79.9. The maximum atomic E-state index is 2.53. The van der Waals surface area contributed by atoms with Crippen molar-refractivity contribution in [3.05, 3.63) is 36.4 Å². The molecule has 21 heavy (non-hydrogen) atoms. The minimum atomic E-state index is 0. The van der Waals surface area contributed by atoms with E-state index in [-0.39, 0.29) is 17.0 Å². The van der Waals surface area contributed by atoms with E-state index >= 15 is 0 Å². The number of piperidine rings is 1. The molecule has 0 radical (unpaired) electrons. The molecule has 4 heteroatoms. The highest BCUT2D eigenvalue weighted by molar-refractivity contribution is 5.62. The summed E-state index contributed by atoms with van der Waals surface area (Å²) in [5.41, 5.74) is 2.56. The van der Waals surface area contributed by atoms with Gasteiger partial charge in [0.1, 0.15) is 7.05 Å². The zero-order valence-corrected chi connectivity index (χ0v) is 14.7. The quantitative estimate of drug-likeness (QED) is 0.681. The maximum absolute atomic E-state index is 2.53. The van der Waals surface area contributed by atoms with E-state index in [2.05, 4.69) is 71.7 Å². The fourth-order valence-electron chi connectivity index (χ4n) is 3.20. The Morgan fingerprint density at radius 1 is 1.19 bits per heavy atom. The second kappa shape index (κ2) is 6.65. The summed E-state index contributed by atoms with van der Waals surface area (Å²) in [7, 11) is 4.29. The van der Waals surface area contributed by atoms with E-state index in [9.17, 15) is 0 Å². The summed E-state index contributed by atoms with van der Waals surface area (Å²) in [5, 5.41) is 0. The molecule has 1 saturated heterocycles. The Balaban J connectivity index is 0.00000161. The first kappa shape index (κ1) is 16.1. The van der Waals surface area contributed by atoms with Crippen LogP contribution < -0.4 is 26.6 Å². The molecule has 0 spiro atoms. The molecule has 114 valence electrons. The van der Waals surface area contributed by atoms with Crippen molar-refractivity contribution in [3.63, 3.8) is 0 Å². The van der Waals surface area contributed by atoms with Gasteiger partial charge in [-0.3, -0.25) is 4.90 Å². The minimum absolute atomic E-state index is 0. The van der Waals surface area contributed by atoms with Crippen LogP contribution in [0.1, 0.15) is 19.8 Å². The number of hydrogen-bond acceptors (Lipinski definition) is 1. The number of benzene rings is 1. The first-order valence-corrected chi connectivity index (χ1v) is 7.53. The fourth-order valence-corrected chi connectivity index (χ4v) is 3.20. The second-order valence-corrected chi connectivity index (χ2v) is 5.99. The number of aromatic nitrogens is 2. The standard InChI is InChI=1S/C17H24N3.BrH/c1-14-8-7-11-20(13-14)17-12-16(18(2)19(17)3)15-9-5-4-6-10-15;/h4-6,9-10,12,14H,7-8,11,13H2,1-3H3;1H/q+1;/p-1. The van der Waals surface area contributed by atoms with Gasteiger partial charge in [0, 0.05) is 12.6 Å². The van der Waals surface area contributed by atoms with Crippen molar-refractivity contribution in [3.8, 4) is 11.3 Å². The number of rotatable bonds is 2. The van der Waals surface area contributed by atoms with Gasteiger partial charge < -0.3 is 17.0 Å². The largest absolute Gasteiger partial charge is 1.00 e. The molecule has 1 unspecified atom stereocenters. The van der Waals surface area contributed by atoms with E-state index in [0.29, 0.717) is 0 Å². The van der Waals surface area contributed by atoms with Crippen LogP contribution in [0.3, 0.4) is 0 Å². The maximum Gasteiger partial charge on any atom is 0.297 e. The molecule has 1 fully saturated rings. The molecule has 2 aromatic rings. The number of hydrogen-bond donors (Lipinski definition) is 0. The van der Waals surface area contributed by atoms with Crippen molar-refractivity contribution in [1.82, 2.24) is 4.68 Å². The van der Waals surface area contributed by atoms with Gasteiger partial charge in [-0.15, -0.1) is 0 Å². The lowest BCUT2D eigenvalue weighted by atomic mass is 10.0. The first-order chi connectivity index (χ1) is 9.66. The van der Waals surface area contributed by atoms with E-state index < -0.39 is 0 Å². The molecule has 3 rings (SSSR count). The minimum Gasteiger partial charge on any atom is -1.00 e. The highest BCUT2D eigenvalue weighted by Crippen LogP contribution is 2.25. The van der Waals surface area contributed by atoms with Gasteiger partial charge in [-0.05, 0) is 18.8 Å². The van der Waals surface area contributed by atoms with Crippen LogP contribution in [0.25, 0.3) is 11.3 Å². The Morgan fingerprint density at radius 3 is 2.57 bits per heavy atom. The Bertz CT molecular complexity index is 592. The molecule has 2 heterocycles. The summed E-state index contributed by atoms with van der Waals surface area (Å²) in [6.45, 7) is 4.70. The molecular formula is C17H24BrN3. The third kappa shape index (κ3) is 3.15. The SMILES string of the molecule is CC1CCCN(c2cc(-c3ccccc3)n(C)[n+]2C)C1.[Br-]. The normalized spacial score (nSPS) is 18.4. The number of anilines is 1. The molecule has 0 aliphatic carbocycles. The monoisotopic (exact) mass is 349 g/mol. The summed E-state index contributed by atoms with van der Waals surface area (Å²) in [4.78, 5) is 2.53. The van der Waals surface area contributed by atoms with Gasteiger partial charge in [-0.25, -0.2) is 4.68 Å². The van der Waals surface area contributed by atoms with Crippen LogP contribution >= 0.6 is 0 Å². The number of nitrogens with zero attached hydrogens (tertiary/aromatic N) is 3. The lowest BCUT2D eigenvalue weighted by molar-refractivity contribution is -0.738. The van der Waals surface area contributed by atoms with Crippen LogP contribution in [-0.4, -0.2) is 17.8 Å². The van der Waals surface area contributed by atoms with Crippen molar-refractivity contribution in [2.24, 2.45) is 20.0 Å². The van der Waals surface area contributed by atoms with Gasteiger partial charge in [0.2, 0.25) is 0 Å². The van der Waals surface area contributed by atoms with Crippen molar-refractivity contribution in [2.75, 3.05) is 18.0 Å². The third-order valence-electron chi connectivity index (χ3n) is 4.45. The number of halogens is 1. The molecule has 0 N–H and O–H groups in total. The predicted molar refractivity (Wildman–Crippen MR) is 82.6 cm³/mol. The molecule has 0 saturated carbocycles. The molecule has 0 amide bonds. The summed E-state index contributed by atoms with van der Waals surface area (Å²) in [5.74, 6) is 2.13. The Labute approximate surface area is 137 Å². The second-order valence-electron chi connectivity index (χ2n) is 5.99. The summed E-state index contributed by atoms with van der Waals surface area (Å²) in [6, 6.07) is 13.0. The first-order valence-electron chi connectivity index (χ1n) is 7.53. The molecule has 0 bridgehead atoms. The average Bonchev–Trinajstić information content (AvgIpc) is 2.76. The predicted octanol–water partition coefficient (Wildman–Crippen LogP) is -0.243. The van der Waals surface area contributed by atoms with E-state index in [4.69, 9.17) is 0 Å². The van der Waals surface area contributed by atoms with Crippen LogP contribution in [0.5, 0.6) is 0 Å². The van der Waals surface area contributed by atoms with Gasteiger partial charge in [0.15, 0.2) is 0 Å². The third-order valence-corrected chi connectivity index (χ3v) is 4.45. The fraction of sp³-hybridized carbons (Fsp3) is 0.471. The summed E-state index contributed by atoms with van der Waals surface area (Å²) in [6.07, 6.45) is 2.66. The molecule has 1 aliphatic rings. The zero-order chi connectivity index (χ0) is 14.1. The summed E-state index contributed by atoms with van der Waals surface area (Å²) < 4.78 is 4.50. The van der Waals surface area contributed by atoms with Crippen LogP contribution in [0.15, 0.2) is 36.4 Å². The van der Waals surface area contributed by atoms with Crippen LogP contribution in [0, 0.1) is 5.92 Å². The van der Waals surface area contributed by atoms with E-state index in [1.807, 2.05) is 0 Å². The van der Waals surface area contributed by atoms with Crippen molar-refractivity contribution in [1.29, 1.82) is 0 Å². The van der Waals surface area contributed by atoms with E-state index in [1.54, 1.807) is 0 Å². The van der Waals surface area contributed by atoms with Gasteiger partial charge in [-0.2, -0.15) is 4.68 Å².